The third-order valence-corrected chi connectivity index (χ3v) is 2.67. The van der Waals surface area contributed by atoms with Crippen molar-refractivity contribution in [2.75, 3.05) is 6.61 Å². The quantitative estimate of drug-likeness (QED) is 0.332. The van der Waals surface area contributed by atoms with Crippen LogP contribution in [0.3, 0.4) is 0 Å². The molecule has 0 heterocycles. The lowest BCUT2D eigenvalue weighted by atomic mass is 10.1. The summed E-state index contributed by atoms with van der Waals surface area (Å²) in [5.74, 6) is 0. The van der Waals surface area contributed by atoms with Crippen LogP contribution in [0.25, 0.3) is 0 Å². The van der Waals surface area contributed by atoms with Crippen molar-refractivity contribution in [3.05, 3.63) is 35.4 Å². The number of benzene rings is 1. The highest BCUT2D eigenvalue weighted by Crippen LogP contribution is 2.08. The molecule has 104 valence electrons. The van der Waals surface area contributed by atoms with Gasteiger partial charge in [0, 0.05) is 12.2 Å². The van der Waals surface area contributed by atoms with Gasteiger partial charge in [-0.05, 0) is 24.2 Å². The van der Waals surface area contributed by atoms with E-state index in [0.717, 1.165) is 24.2 Å². The molecule has 0 spiro atoms. The molecular formula is C14H21N3OS. The summed E-state index contributed by atoms with van der Waals surface area (Å²) in [7, 11) is 0. The lowest BCUT2D eigenvalue weighted by Crippen LogP contribution is -2.24. The highest BCUT2D eigenvalue weighted by Gasteiger charge is 1.99. The van der Waals surface area contributed by atoms with Crippen molar-refractivity contribution in [1.82, 2.24) is 5.43 Å². The van der Waals surface area contributed by atoms with E-state index in [1.54, 1.807) is 6.21 Å². The zero-order valence-corrected chi connectivity index (χ0v) is 12.1. The Bertz CT molecular complexity index is 421. The summed E-state index contributed by atoms with van der Waals surface area (Å²) >= 11 is 4.68. The molecule has 1 aromatic carbocycles. The molecule has 3 N–H and O–H groups in total. The van der Waals surface area contributed by atoms with Gasteiger partial charge in [-0.3, -0.25) is 5.43 Å². The van der Waals surface area contributed by atoms with E-state index in [4.69, 9.17) is 10.5 Å². The molecule has 0 aromatic heterocycles. The minimum Gasteiger partial charge on any atom is -0.377 e. The molecule has 0 bridgehead atoms. The summed E-state index contributed by atoms with van der Waals surface area (Å²) < 4.78 is 5.66. The monoisotopic (exact) mass is 279 g/mol. The van der Waals surface area contributed by atoms with Crippen molar-refractivity contribution >= 4 is 23.5 Å². The van der Waals surface area contributed by atoms with Crippen molar-refractivity contribution in [2.45, 2.75) is 32.8 Å². The third kappa shape index (κ3) is 6.88. The Hall–Kier alpha value is -1.46. The molecule has 1 rings (SSSR count). The Morgan fingerprint density at radius 3 is 2.95 bits per heavy atom. The Kier molecular flexibility index (Phi) is 7.77. The number of hydrogen-bond acceptors (Lipinski definition) is 3. The number of hydrazone groups is 1. The van der Waals surface area contributed by atoms with Crippen LogP contribution in [0.2, 0.25) is 0 Å². The molecule has 0 saturated heterocycles. The lowest BCUT2D eigenvalue weighted by molar-refractivity contribution is 0.117. The van der Waals surface area contributed by atoms with Gasteiger partial charge in [-0.15, -0.1) is 0 Å². The van der Waals surface area contributed by atoms with Crippen LogP contribution in [-0.2, 0) is 11.3 Å². The standard InChI is InChI=1S/C14H21N3OS/c1-2-3-6-9-18-11-13-8-5-4-7-12(13)10-16-17-14(15)19/h4-5,7-8,10H,2-3,6,9,11H2,1H3,(H3,15,17,19). The first-order valence-corrected chi connectivity index (χ1v) is 6.89. The fourth-order valence-corrected chi connectivity index (χ4v) is 1.65. The maximum Gasteiger partial charge on any atom is 0.184 e. The molecule has 5 heteroatoms. The van der Waals surface area contributed by atoms with Crippen LogP contribution in [0.15, 0.2) is 29.4 Å². The zero-order chi connectivity index (χ0) is 13.9. The van der Waals surface area contributed by atoms with Gasteiger partial charge < -0.3 is 10.5 Å². The Morgan fingerprint density at radius 1 is 1.42 bits per heavy atom. The minimum absolute atomic E-state index is 0.157. The molecule has 0 radical (unpaired) electrons. The topological polar surface area (TPSA) is 59.6 Å². The summed E-state index contributed by atoms with van der Waals surface area (Å²) in [6.07, 6.45) is 5.22. The maximum atomic E-state index is 5.66. The minimum atomic E-state index is 0.157. The van der Waals surface area contributed by atoms with Crippen LogP contribution in [0.4, 0.5) is 0 Å². The SMILES string of the molecule is CCCCCOCc1ccccc1C=NNC(N)=S. The molecule has 0 fully saturated rings. The predicted molar refractivity (Wildman–Crippen MR) is 83.1 cm³/mol. The van der Waals surface area contributed by atoms with Crippen LogP contribution in [-0.4, -0.2) is 17.9 Å². The second-order valence-electron chi connectivity index (χ2n) is 4.19. The highest BCUT2D eigenvalue weighted by atomic mass is 32.1. The summed E-state index contributed by atoms with van der Waals surface area (Å²) in [5, 5.41) is 4.12. The number of nitrogens with two attached hydrogens (primary N) is 1. The van der Waals surface area contributed by atoms with E-state index >= 15 is 0 Å². The highest BCUT2D eigenvalue weighted by molar-refractivity contribution is 7.80. The summed E-state index contributed by atoms with van der Waals surface area (Å²) in [6.45, 7) is 3.57. The van der Waals surface area contributed by atoms with Gasteiger partial charge in [0.05, 0.1) is 12.8 Å². The van der Waals surface area contributed by atoms with E-state index in [1.807, 2.05) is 24.3 Å². The Morgan fingerprint density at radius 2 is 2.21 bits per heavy atom. The molecule has 1 aromatic rings. The summed E-state index contributed by atoms with van der Waals surface area (Å²) in [5.41, 5.74) is 9.95. The molecule has 0 saturated carbocycles. The van der Waals surface area contributed by atoms with Gasteiger partial charge in [-0.25, -0.2) is 0 Å². The Balaban J connectivity index is 2.48. The van der Waals surface area contributed by atoms with Gasteiger partial charge in [0.15, 0.2) is 5.11 Å². The largest absolute Gasteiger partial charge is 0.377 e. The van der Waals surface area contributed by atoms with Crippen molar-refractivity contribution < 1.29 is 4.74 Å². The van der Waals surface area contributed by atoms with Gasteiger partial charge >= 0.3 is 0 Å². The molecule has 0 aliphatic heterocycles. The fraction of sp³-hybridized carbons (Fsp3) is 0.429. The molecule has 0 unspecified atom stereocenters. The predicted octanol–water partition coefficient (Wildman–Crippen LogP) is 2.56. The van der Waals surface area contributed by atoms with Crippen molar-refractivity contribution in [3.8, 4) is 0 Å². The molecule has 4 nitrogen and oxygen atoms in total. The number of thiocarbonyl (C=S) groups is 1. The van der Waals surface area contributed by atoms with E-state index < -0.39 is 0 Å². The van der Waals surface area contributed by atoms with E-state index in [-0.39, 0.29) is 5.11 Å². The van der Waals surface area contributed by atoms with Crippen LogP contribution in [0, 0.1) is 0 Å². The number of unbranched alkanes of at least 4 members (excludes halogenated alkanes) is 2. The van der Waals surface area contributed by atoms with Crippen LogP contribution >= 0.6 is 12.2 Å². The number of rotatable bonds is 8. The number of nitrogens with zero attached hydrogens (tertiary/aromatic N) is 1. The third-order valence-electron chi connectivity index (χ3n) is 2.58. The molecule has 0 aliphatic rings. The van der Waals surface area contributed by atoms with Gasteiger partial charge in [0.1, 0.15) is 0 Å². The fourth-order valence-electron chi connectivity index (χ4n) is 1.59. The van der Waals surface area contributed by atoms with Crippen LogP contribution in [0.5, 0.6) is 0 Å². The molecule has 0 aliphatic carbocycles. The van der Waals surface area contributed by atoms with Gasteiger partial charge in [-0.2, -0.15) is 5.10 Å². The van der Waals surface area contributed by atoms with E-state index in [9.17, 15) is 0 Å². The molecule has 19 heavy (non-hydrogen) atoms. The first-order chi connectivity index (χ1) is 9.24. The van der Waals surface area contributed by atoms with E-state index in [1.165, 1.54) is 12.8 Å². The molecule has 0 amide bonds. The van der Waals surface area contributed by atoms with Gasteiger partial charge in [-0.1, -0.05) is 44.0 Å². The zero-order valence-electron chi connectivity index (χ0n) is 11.3. The number of ether oxygens (including phenoxy) is 1. The smallest absolute Gasteiger partial charge is 0.184 e. The number of nitrogens with one attached hydrogen (secondary N) is 1. The first kappa shape index (κ1) is 15.6. The maximum absolute atomic E-state index is 5.66. The lowest BCUT2D eigenvalue weighted by Gasteiger charge is -2.07. The van der Waals surface area contributed by atoms with Crippen molar-refractivity contribution in [2.24, 2.45) is 10.8 Å². The summed E-state index contributed by atoms with van der Waals surface area (Å²) in [4.78, 5) is 0. The molecule has 0 atom stereocenters. The second-order valence-corrected chi connectivity index (χ2v) is 4.63. The first-order valence-electron chi connectivity index (χ1n) is 6.48. The average molecular weight is 279 g/mol. The van der Waals surface area contributed by atoms with Gasteiger partial charge in [0.2, 0.25) is 0 Å². The normalized spacial score (nSPS) is 10.8. The Labute approximate surface area is 120 Å². The molecular weight excluding hydrogens is 258 g/mol. The number of hydrogen-bond donors (Lipinski definition) is 2. The van der Waals surface area contributed by atoms with E-state index in [2.05, 4.69) is 29.7 Å². The average Bonchev–Trinajstić information content (AvgIpc) is 2.40. The van der Waals surface area contributed by atoms with Crippen LogP contribution < -0.4 is 11.2 Å². The van der Waals surface area contributed by atoms with E-state index in [0.29, 0.717) is 6.61 Å². The van der Waals surface area contributed by atoms with Crippen molar-refractivity contribution in [1.29, 1.82) is 0 Å². The second kappa shape index (κ2) is 9.47. The van der Waals surface area contributed by atoms with Crippen molar-refractivity contribution in [3.63, 3.8) is 0 Å². The van der Waals surface area contributed by atoms with Crippen LogP contribution in [0.1, 0.15) is 37.3 Å². The summed E-state index contributed by atoms with van der Waals surface area (Å²) in [6, 6.07) is 7.96. The van der Waals surface area contributed by atoms with Gasteiger partial charge in [0.25, 0.3) is 0 Å².